The van der Waals surface area contributed by atoms with Gasteiger partial charge in [-0.2, -0.15) is 0 Å². The molecule has 0 amide bonds. The predicted octanol–water partition coefficient (Wildman–Crippen LogP) is 3.26. The molecule has 2 rings (SSSR count). The van der Waals surface area contributed by atoms with Crippen LogP contribution in [0.2, 0.25) is 0 Å². The van der Waals surface area contributed by atoms with Gasteiger partial charge in [-0.25, -0.2) is 0 Å². The Balaban J connectivity index is 2.21. The molecule has 0 radical (unpaired) electrons. The van der Waals surface area contributed by atoms with E-state index in [1.165, 1.54) is 0 Å². The molecule has 0 fully saturated rings. The molecular formula is C16H16O3. The van der Waals surface area contributed by atoms with Crippen LogP contribution in [0.4, 0.5) is 0 Å². The van der Waals surface area contributed by atoms with Crippen LogP contribution in [0.5, 0.6) is 11.5 Å². The van der Waals surface area contributed by atoms with Gasteiger partial charge < -0.3 is 9.84 Å². The van der Waals surface area contributed by atoms with Crippen LogP contribution in [-0.4, -0.2) is 17.0 Å². The van der Waals surface area contributed by atoms with Crippen LogP contribution in [0, 0.1) is 0 Å². The number of benzene rings is 1. The third-order valence-electron chi connectivity index (χ3n) is 2.89. The summed E-state index contributed by atoms with van der Waals surface area (Å²) in [6.07, 6.45) is 10.1. The molecule has 0 bridgehead atoms. The van der Waals surface area contributed by atoms with Crippen molar-refractivity contribution in [3.05, 3.63) is 53.6 Å². The van der Waals surface area contributed by atoms with E-state index in [0.717, 1.165) is 17.6 Å². The highest BCUT2D eigenvalue weighted by Gasteiger charge is 2.24. The van der Waals surface area contributed by atoms with Crippen LogP contribution < -0.4 is 4.74 Å². The molecule has 1 atom stereocenters. The van der Waals surface area contributed by atoms with Crippen molar-refractivity contribution >= 4 is 12.4 Å². The summed E-state index contributed by atoms with van der Waals surface area (Å²) in [7, 11) is 0. The van der Waals surface area contributed by atoms with Crippen LogP contribution in [-0.2, 0) is 4.79 Å². The molecule has 0 spiro atoms. The molecule has 3 heteroatoms. The van der Waals surface area contributed by atoms with Crippen molar-refractivity contribution in [2.75, 3.05) is 0 Å². The number of phenols is 1. The first kappa shape index (κ1) is 13.1. The first-order chi connectivity index (χ1) is 9.02. The van der Waals surface area contributed by atoms with Gasteiger partial charge in [0.05, 0.1) is 0 Å². The van der Waals surface area contributed by atoms with E-state index in [1.54, 1.807) is 37.3 Å². The van der Waals surface area contributed by atoms with E-state index in [2.05, 4.69) is 0 Å². The molecule has 0 saturated carbocycles. The maximum atomic E-state index is 10.5. The fourth-order valence-electron chi connectivity index (χ4n) is 1.81. The van der Waals surface area contributed by atoms with Crippen molar-refractivity contribution in [2.45, 2.75) is 19.4 Å². The SMILES string of the molecule is C/C(C=O)=C\C=C\[C@]1(C)C=Cc2cc(O)ccc2O1. The Morgan fingerprint density at radius 3 is 2.95 bits per heavy atom. The van der Waals surface area contributed by atoms with Crippen molar-refractivity contribution in [3.8, 4) is 11.5 Å². The second-order valence-corrected chi connectivity index (χ2v) is 4.73. The minimum Gasteiger partial charge on any atom is -0.508 e. The number of fused-ring (bicyclic) bond motifs is 1. The van der Waals surface area contributed by atoms with Gasteiger partial charge in [0.1, 0.15) is 23.4 Å². The zero-order valence-electron chi connectivity index (χ0n) is 11.0. The summed E-state index contributed by atoms with van der Waals surface area (Å²) >= 11 is 0. The number of aromatic hydroxyl groups is 1. The maximum absolute atomic E-state index is 10.5. The molecular weight excluding hydrogens is 240 g/mol. The Morgan fingerprint density at radius 1 is 1.42 bits per heavy atom. The maximum Gasteiger partial charge on any atom is 0.145 e. The molecule has 3 nitrogen and oxygen atoms in total. The number of carbonyl (C=O) groups is 1. The number of phenolic OH excluding ortho intramolecular Hbond substituents is 1. The summed E-state index contributed by atoms with van der Waals surface area (Å²) in [5.74, 6) is 0.944. The molecule has 0 aliphatic carbocycles. The van der Waals surface area contributed by atoms with E-state index >= 15 is 0 Å². The lowest BCUT2D eigenvalue weighted by molar-refractivity contribution is -0.104. The molecule has 1 aliphatic rings. The third kappa shape index (κ3) is 3.13. The summed E-state index contributed by atoms with van der Waals surface area (Å²) in [5.41, 5.74) is 0.958. The predicted molar refractivity (Wildman–Crippen MR) is 75.1 cm³/mol. The Hall–Kier alpha value is -2.29. The monoisotopic (exact) mass is 256 g/mol. The number of aldehydes is 1. The van der Waals surface area contributed by atoms with Crippen LogP contribution in [0.25, 0.3) is 6.08 Å². The van der Waals surface area contributed by atoms with Crippen LogP contribution >= 0.6 is 0 Å². The van der Waals surface area contributed by atoms with Gasteiger partial charge in [-0.15, -0.1) is 0 Å². The number of hydrogen-bond donors (Lipinski definition) is 1. The minimum atomic E-state index is -0.552. The van der Waals surface area contributed by atoms with Crippen molar-refractivity contribution in [1.82, 2.24) is 0 Å². The van der Waals surface area contributed by atoms with Crippen LogP contribution in [0.1, 0.15) is 19.4 Å². The van der Waals surface area contributed by atoms with Crippen molar-refractivity contribution < 1.29 is 14.6 Å². The van der Waals surface area contributed by atoms with Gasteiger partial charge in [0.15, 0.2) is 0 Å². The molecule has 0 unspecified atom stereocenters. The summed E-state index contributed by atoms with van der Waals surface area (Å²) in [4.78, 5) is 10.5. The zero-order valence-corrected chi connectivity index (χ0v) is 11.0. The highest BCUT2D eigenvalue weighted by atomic mass is 16.5. The van der Waals surface area contributed by atoms with Gasteiger partial charge in [0.2, 0.25) is 0 Å². The molecule has 1 heterocycles. The standard InChI is InChI=1S/C16H16O3/c1-12(11-17)4-3-8-16(2)9-7-13-10-14(18)5-6-15(13)19-16/h3-11,18H,1-2H3/b8-3+,12-4+/t16-/m1/s1. The van der Waals surface area contributed by atoms with Gasteiger partial charge >= 0.3 is 0 Å². The van der Waals surface area contributed by atoms with E-state index in [0.29, 0.717) is 5.57 Å². The highest BCUT2D eigenvalue weighted by molar-refractivity contribution is 5.72. The Bertz CT molecular complexity index is 582. The van der Waals surface area contributed by atoms with E-state index in [-0.39, 0.29) is 5.75 Å². The Labute approximate surface area is 112 Å². The molecule has 1 N–H and O–H groups in total. The summed E-state index contributed by atoms with van der Waals surface area (Å²) < 4.78 is 5.89. The smallest absolute Gasteiger partial charge is 0.145 e. The molecule has 19 heavy (non-hydrogen) atoms. The zero-order chi connectivity index (χ0) is 13.9. The van der Waals surface area contributed by atoms with E-state index in [4.69, 9.17) is 4.74 Å². The number of carbonyl (C=O) groups excluding carboxylic acids is 1. The molecule has 1 aliphatic heterocycles. The number of hydrogen-bond acceptors (Lipinski definition) is 3. The Morgan fingerprint density at radius 2 is 2.21 bits per heavy atom. The fourth-order valence-corrected chi connectivity index (χ4v) is 1.81. The molecule has 0 aromatic heterocycles. The quantitative estimate of drug-likeness (QED) is 0.513. The molecule has 1 aromatic rings. The normalized spacial score (nSPS) is 22.1. The van der Waals surface area contributed by atoms with Gasteiger partial charge in [-0.3, -0.25) is 4.79 Å². The lowest BCUT2D eigenvalue weighted by atomic mass is 9.99. The van der Waals surface area contributed by atoms with Gasteiger partial charge in [-0.05, 0) is 49.8 Å². The van der Waals surface area contributed by atoms with Gasteiger partial charge in [0.25, 0.3) is 0 Å². The number of ether oxygens (including phenoxy) is 1. The second kappa shape index (κ2) is 5.14. The lowest BCUT2D eigenvalue weighted by Gasteiger charge is -2.28. The summed E-state index contributed by atoms with van der Waals surface area (Å²) in [5, 5.41) is 9.40. The molecule has 98 valence electrons. The van der Waals surface area contributed by atoms with Gasteiger partial charge in [-0.1, -0.05) is 18.2 Å². The average molecular weight is 256 g/mol. The second-order valence-electron chi connectivity index (χ2n) is 4.73. The van der Waals surface area contributed by atoms with Crippen LogP contribution in [0.15, 0.2) is 48.1 Å². The first-order valence-electron chi connectivity index (χ1n) is 6.05. The van der Waals surface area contributed by atoms with E-state index in [9.17, 15) is 9.90 Å². The Kier molecular flexibility index (Phi) is 3.56. The molecule has 1 aromatic carbocycles. The topological polar surface area (TPSA) is 46.5 Å². The fraction of sp³-hybridized carbons (Fsp3) is 0.188. The van der Waals surface area contributed by atoms with Crippen molar-refractivity contribution in [1.29, 1.82) is 0 Å². The third-order valence-corrected chi connectivity index (χ3v) is 2.89. The number of allylic oxidation sites excluding steroid dienone is 3. The average Bonchev–Trinajstić information content (AvgIpc) is 2.39. The van der Waals surface area contributed by atoms with E-state index in [1.807, 2.05) is 25.2 Å². The first-order valence-corrected chi connectivity index (χ1v) is 6.05. The lowest BCUT2D eigenvalue weighted by Crippen LogP contribution is -2.29. The largest absolute Gasteiger partial charge is 0.508 e. The highest BCUT2D eigenvalue weighted by Crippen LogP contribution is 2.33. The summed E-state index contributed by atoms with van der Waals surface area (Å²) in [6, 6.07) is 5.00. The number of rotatable bonds is 3. The molecule has 0 saturated heterocycles. The minimum absolute atomic E-state index is 0.218. The van der Waals surface area contributed by atoms with E-state index < -0.39 is 5.60 Å². The van der Waals surface area contributed by atoms with Crippen LogP contribution in [0.3, 0.4) is 0 Å². The van der Waals surface area contributed by atoms with Gasteiger partial charge in [0, 0.05) is 5.56 Å². The summed E-state index contributed by atoms with van der Waals surface area (Å²) in [6.45, 7) is 3.68. The van der Waals surface area contributed by atoms with Crippen molar-refractivity contribution in [3.63, 3.8) is 0 Å². The van der Waals surface area contributed by atoms with Crippen molar-refractivity contribution in [2.24, 2.45) is 0 Å².